The first-order chi connectivity index (χ1) is 15.0. The summed E-state index contributed by atoms with van der Waals surface area (Å²) in [6.07, 6.45) is 5.39. The molecule has 0 saturated carbocycles. The Morgan fingerprint density at radius 2 is 1.90 bits per heavy atom. The summed E-state index contributed by atoms with van der Waals surface area (Å²) in [6.45, 7) is 2.87. The molecule has 0 atom stereocenters. The Morgan fingerprint density at radius 3 is 2.68 bits per heavy atom. The van der Waals surface area contributed by atoms with Gasteiger partial charge in [-0.3, -0.25) is 4.79 Å². The van der Waals surface area contributed by atoms with Crippen molar-refractivity contribution in [3.05, 3.63) is 35.0 Å². The molecule has 2 aliphatic rings. The van der Waals surface area contributed by atoms with E-state index in [9.17, 15) is 14.4 Å². The fraction of sp³-hybridized carbons (Fsp3) is 0.522. The second-order valence-electron chi connectivity index (χ2n) is 8.15. The highest BCUT2D eigenvalue weighted by Gasteiger charge is 2.25. The molecule has 1 fully saturated rings. The number of likely N-dealkylation sites (tertiary alicyclic amines) is 1. The van der Waals surface area contributed by atoms with Crippen molar-refractivity contribution < 1.29 is 23.9 Å². The van der Waals surface area contributed by atoms with Crippen molar-refractivity contribution >= 4 is 28.9 Å². The zero-order chi connectivity index (χ0) is 21.8. The van der Waals surface area contributed by atoms with Crippen molar-refractivity contribution in [2.24, 2.45) is 0 Å². The molecule has 2 heterocycles. The number of H-pyrrole nitrogens is 1. The first-order valence-electron chi connectivity index (χ1n) is 11.1. The zero-order valence-corrected chi connectivity index (χ0v) is 17.9. The average Bonchev–Trinajstić information content (AvgIpc) is 3.16. The number of carbonyl (C=O) groups excluding carboxylic acids is 3. The van der Waals surface area contributed by atoms with Crippen molar-refractivity contribution in [2.75, 3.05) is 26.3 Å². The molecular formula is C23H29N3O5. The standard InChI is InChI=1S/C23H29N3O5/c1-2-30-23(29)26-11-9-16(10-12-26)24-21(27)14-31-22(28)15-7-8-20-18(13-15)17-5-3-4-6-19(17)25-20/h7-8,13,16,25H,2-6,9-12,14H2,1H3,(H,24,27). The highest BCUT2D eigenvalue weighted by Crippen LogP contribution is 2.29. The number of nitrogens with one attached hydrogen (secondary N) is 2. The molecule has 1 aromatic heterocycles. The summed E-state index contributed by atoms with van der Waals surface area (Å²) in [4.78, 5) is 41.5. The summed E-state index contributed by atoms with van der Waals surface area (Å²) < 4.78 is 10.2. The van der Waals surface area contributed by atoms with Crippen LogP contribution in [0.2, 0.25) is 0 Å². The Morgan fingerprint density at radius 1 is 1.13 bits per heavy atom. The van der Waals surface area contributed by atoms with Gasteiger partial charge in [0.25, 0.3) is 5.91 Å². The van der Waals surface area contributed by atoms with E-state index in [1.165, 1.54) is 17.7 Å². The van der Waals surface area contributed by atoms with E-state index in [4.69, 9.17) is 9.47 Å². The van der Waals surface area contributed by atoms with Crippen LogP contribution in [0.25, 0.3) is 10.9 Å². The van der Waals surface area contributed by atoms with Gasteiger partial charge in [-0.2, -0.15) is 0 Å². The van der Waals surface area contributed by atoms with Crippen LogP contribution in [0, 0.1) is 0 Å². The van der Waals surface area contributed by atoms with Crippen molar-refractivity contribution in [2.45, 2.75) is 51.5 Å². The molecule has 0 spiro atoms. The van der Waals surface area contributed by atoms with Crippen LogP contribution in [0.1, 0.15) is 54.2 Å². The predicted molar refractivity (Wildman–Crippen MR) is 115 cm³/mol. The molecule has 0 unspecified atom stereocenters. The molecule has 8 nitrogen and oxygen atoms in total. The van der Waals surface area contributed by atoms with Gasteiger partial charge in [0.15, 0.2) is 6.61 Å². The van der Waals surface area contributed by atoms with Gasteiger partial charge >= 0.3 is 12.1 Å². The van der Waals surface area contributed by atoms with Gasteiger partial charge < -0.3 is 24.7 Å². The van der Waals surface area contributed by atoms with E-state index in [1.807, 2.05) is 12.1 Å². The van der Waals surface area contributed by atoms with Gasteiger partial charge in [-0.05, 0) is 69.2 Å². The van der Waals surface area contributed by atoms with Crippen LogP contribution in [0.4, 0.5) is 4.79 Å². The highest BCUT2D eigenvalue weighted by atomic mass is 16.6. The van der Waals surface area contributed by atoms with Crippen LogP contribution in [0.5, 0.6) is 0 Å². The lowest BCUT2D eigenvalue weighted by Crippen LogP contribution is -2.47. The first-order valence-corrected chi connectivity index (χ1v) is 11.1. The largest absolute Gasteiger partial charge is 0.452 e. The molecule has 31 heavy (non-hydrogen) atoms. The molecule has 1 saturated heterocycles. The third kappa shape index (κ3) is 4.84. The number of benzene rings is 1. The van der Waals surface area contributed by atoms with Gasteiger partial charge in [-0.25, -0.2) is 9.59 Å². The quantitative estimate of drug-likeness (QED) is 0.715. The Hall–Kier alpha value is -3.03. The van der Waals surface area contributed by atoms with E-state index in [0.717, 1.165) is 30.2 Å². The number of aromatic nitrogens is 1. The van der Waals surface area contributed by atoms with Crippen molar-refractivity contribution in [3.63, 3.8) is 0 Å². The molecule has 1 aliphatic heterocycles. The van der Waals surface area contributed by atoms with Gasteiger partial charge in [0.1, 0.15) is 0 Å². The molecule has 0 radical (unpaired) electrons. The number of aryl methyl sites for hydroxylation is 2. The van der Waals surface area contributed by atoms with Gasteiger partial charge in [0, 0.05) is 35.7 Å². The Labute approximate surface area is 181 Å². The Kier molecular flexibility index (Phi) is 6.44. The van der Waals surface area contributed by atoms with E-state index in [2.05, 4.69) is 10.3 Å². The minimum absolute atomic E-state index is 0.0420. The van der Waals surface area contributed by atoms with E-state index in [1.54, 1.807) is 17.9 Å². The van der Waals surface area contributed by atoms with Gasteiger partial charge in [0.2, 0.25) is 0 Å². The monoisotopic (exact) mass is 427 g/mol. The third-order valence-electron chi connectivity index (χ3n) is 6.05. The van der Waals surface area contributed by atoms with Crippen LogP contribution in [0.15, 0.2) is 18.2 Å². The third-order valence-corrected chi connectivity index (χ3v) is 6.05. The van der Waals surface area contributed by atoms with Gasteiger partial charge in [-0.15, -0.1) is 0 Å². The fourth-order valence-electron chi connectivity index (χ4n) is 4.44. The predicted octanol–water partition coefficient (Wildman–Crippen LogP) is 2.94. The summed E-state index contributed by atoms with van der Waals surface area (Å²) >= 11 is 0. The minimum atomic E-state index is -0.500. The molecule has 166 valence electrons. The Balaban J connectivity index is 1.27. The minimum Gasteiger partial charge on any atom is -0.452 e. The second kappa shape index (κ2) is 9.41. The lowest BCUT2D eigenvalue weighted by Gasteiger charge is -2.31. The van der Waals surface area contributed by atoms with E-state index in [0.29, 0.717) is 38.1 Å². The molecule has 4 rings (SSSR count). The maximum atomic E-state index is 12.5. The molecule has 1 aliphatic carbocycles. The maximum absolute atomic E-state index is 12.5. The van der Waals surface area contributed by atoms with Crippen molar-refractivity contribution in [1.29, 1.82) is 0 Å². The van der Waals surface area contributed by atoms with E-state index < -0.39 is 5.97 Å². The van der Waals surface area contributed by atoms with Crippen LogP contribution in [-0.4, -0.2) is 60.2 Å². The van der Waals surface area contributed by atoms with Crippen LogP contribution >= 0.6 is 0 Å². The first kappa shape index (κ1) is 21.2. The zero-order valence-electron chi connectivity index (χ0n) is 17.9. The number of piperidine rings is 1. The van der Waals surface area contributed by atoms with E-state index in [-0.39, 0.29) is 24.6 Å². The number of carbonyl (C=O) groups is 3. The number of amides is 2. The normalized spacial score (nSPS) is 16.6. The lowest BCUT2D eigenvalue weighted by atomic mass is 9.95. The topological polar surface area (TPSA) is 101 Å². The summed E-state index contributed by atoms with van der Waals surface area (Å²) in [5, 5.41) is 3.95. The summed E-state index contributed by atoms with van der Waals surface area (Å²) in [5.74, 6) is -0.831. The lowest BCUT2D eigenvalue weighted by molar-refractivity contribution is -0.125. The number of hydrogen-bond donors (Lipinski definition) is 2. The van der Waals surface area contributed by atoms with Crippen LogP contribution < -0.4 is 5.32 Å². The summed E-state index contributed by atoms with van der Waals surface area (Å²) in [6, 6.07) is 5.46. The smallest absolute Gasteiger partial charge is 0.409 e. The molecule has 2 amide bonds. The van der Waals surface area contributed by atoms with Gasteiger partial charge in [0.05, 0.1) is 12.2 Å². The summed E-state index contributed by atoms with van der Waals surface area (Å²) in [7, 11) is 0. The highest BCUT2D eigenvalue weighted by molar-refractivity contribution is 5.97. The average molecular weight is 428 g/mol. The molecular weight excluding hydrogens is 398 g/mol. The van der Waals surface area contributed by atoms with Crippen molar-refractivity contribution in [3.8, 4) is 0 Å². The molecule has 2 aromatic rings. The number of aromatic amines is 1. The second-order valence-corrected chi connectivity index (χ2v) is 8.15. The maximum Gasteiger partial charge on any atom is 0.409 e. The number of esters is 1. The number of rotatable bonds is 5. The number of ether oxygens (including phenoxy) is 2. The molecule has 8 heteroatoms. The molecule has 2 N–H and O–H groups in total. The van der Waals surface area contributed by atoms with Crippen LogP contribution in [-0.2, 0) is 27.1 Å². The molecule has 0 bridgehead atoms. The molecule has 1 aromatic carbocycles. The van der Waals surface area contributed by atoms with Crippen LogP contribution in [0.3, 0.4) is 0 Å². The van der Waals surface area contributed by atoms with Crippen molar-refractivity contribution in [1.82, 2.24) is 15.2 Å². The number of hydrogen-bond acceptors (Lipinski definition) is 5. The fourth-order valence-corrected chi connectivity index (χ4v) is 4.44. The summed E-state index contributed by atoms with van der Waals surface area (Å²) in [5.41, 5.74) is 4.05. The number of fused-ring (bicyclic) bond motifs is 3. The number of nitrogens with zero attached hydrogens (tertiary/aromatic N) is 1. The Bertz CT molecular complexity index is 975. The SMILES string of the molecule is CCOC(=O)N1CCC(NC(=O)COC(=O)c2ccc3[nH]c4c(c3c2)CCCC4)CC1. The van der Waals surface area contributed by atoms with E-state index >= 15 is 0 Å². The van der Waals surface area contributed by atoms with Gasteiger partial charge in [-0.1, -0.05) is 0 Å².